The lowest BCUT2D eigenvalue weighted by Gasteiger charge is -2.27. The highest BCUT2D eigenvalue weighted by molar-refractivity contribution is 7.80. The minimum atomic E-state index is -0.703. The summed E-state index contributed by atoms with van der Waals surface area (Å²) in [6, 6.07) is 13.9. The molecule has 1 atom stereocenters. The van der Waals surface area contributed by atoms with Crippen LogP contribution < -0.4 is 10.2 Å². The Morgan fingerprint density at radius 3 is 2.37 bits per heavy atom. The van der Waals surface area contributed by atoms with Gasteiger partial charge in [-0.15, -0.1) is 0 Å². The number of benzene rings is 2. The van der Waals surface area contributed by atoms with Gasteiger partial charge in [0.1, 0.15) is 11.9 Å². The predicted molar refractivity (Wildman–Crippen MR) is 107 cm³/mol. The smallest absolute Gasteiger partial charge is 0.256 e. The van der Waals surface area contributed by atoms with Gasteiger partial charge in [-0.25, -0.2) is 4.39 Å². The van der Waals surface area contributed by atoms with Crippen molar-refractivity contribution in [2.45, 2.75) is 32.4 Å². The molecule has 0 bridgehead atoms. The van der Waals surface area contributed by atoms with E-state index in [9.17, 15) is 14.0 Å². The van der Waals surface area contributed by atoms with E-state index < -0.39 is 11.9 Å². The zero-order valence-corrected chi connectivity index (χ0v) is 15.9. The molecular formula is C20H20FN3O2S. The van der Waals surface area contributed by atoms with Gasteiger partial charge in [-0.2, -0.15) is 0 Å². The SMILES string of the molecule is CC(C)N1C(=S)N(c2ccc(F)cc2)C(=O)[C@@H]1CC(=O)Nc1ccccc1. The van der Waals surface area contributed by atoms with Crippen molar-refractivity contribution in [3.8, 4) is 0 Å². The minimum Gasteiger partial charge on any atom is -0.333 e. The average molecular weight is 385 g/mol. The highest BCUT2D eigenvalue weighted by Gasteiger charge is 2.45. The Bertz CT molecular complexity index is 855. The van der Waals surface area contributed by atoms with Crippen molar-refractivity contribution in [3.05, 3.63) is 60.4 Å². The van der Waals surface area contributed by atoms with Gasteiger partial charge in [0.2, 0.25) is 5.91 Å². The van der Waals surface area contributed by atoms with Crippen LogP contribution in [-0.4, -0.2) is 33.9 Å². The van der Waals surface area contributed by atoms with Crippen LogP contribution in [0.4, 0.5) is 15.8 Å². The molecule has 0 radical (unpaired) electrons. The van der Waals surface area contributed by atoms with Gasteiger partial charge in [0.25, 0.3) is 5.91 Å². The summed E-state index contributed by atoms with van der Waals surface area (Å²) in [5, 5.41) is 3.12. The number of nitrogens with zero attached hydrogens (tertiary/aromatic N) is 2. The summed E-state index contributed by atoms with van der Waals surface area (Å²) in [5.41, 5.74) is 1.16. The molecular weight excluding hydrogens is 365 g/mol. The summed E-state index contributed by atoms with van der Waals surface area (Å²) in [4.78, 5) is 28.6. The van der Waals surface area contributed by atoms with Crippen LogP contribution in [0.1, 0.15) is 20.3 Å². The highest BCUT2D eigenvalue weighted by atomic mass is 32.1. The van der Waals surface area contributed by atoms with Crippen molar-refractivity contribution in [2.75, 3.05) is 10.2 Å². The first-order valence-corrected chi connectivity index (χ1v) is 9.06. The number of anilines is 2. The van der Waals surface area contributed by atoms with E-state index in [1.807, 2.05) is 32.0 Å². The molecule has 0 unspecified atom stereocenters. The topological polar surface area (TPSA) is 52.7 Å². The van der Waals surface area contributed by atoms with E-state index in [4.69, 9.17) is 12.2 Å². The Kier molecular flexibility index (Phi) is 5.51. The summed E-state index contributed by atoms with van der Waals surface area (Å²) < 4.78 is 13.2. The number of hydrogen-bond acceptors (Lipinski definition) is 3. The maximum absolute atomic E-state index is 13.2. The molecule has 3 rings (SSSR count). The first-order chi connectivity index (χ1) is 12.9. The number of carbonyl (C=O) groups excluding carboxylic acids is 2. The number of carbonyl (C=O) groups is 2. The van der Waals surface area contributed by atoms with Crippen molar-refractivity contribution >= 4 is 40.5 Å². The molecule has 0 saturated carbocycles. The summed E-state index contributed by atoms with van der Waals surface area (Å²) in [6.07, 6.45) is -0.0241. The Hall–Kier alpha value is -2.80. The minimum absolute atomic E-state index is 0.0241. The van der Waals surface area contributed by atoms with Gasteiger partial charge in [-0.3, -0.25) is 14.5 Å². The fourth-order valence-electron chi connectivity index (χ4n) is 3.11. The summed E-state index contributed by atoms with van der Waals surface area (Å²) in [5.74, 6) is -0.951. The second-order valence-electron chi connectivity index (χ2n) is 6.57. The van der Waals surface area contributed by atoms with Crippen molar-refractivity contribution in [1.29, 1.82) is 0 Å². The van der Waals surface area contributed by atoms with Gasteiger partial charge < -0.3 is 10.2 Å². The number of nitrogens with one attached hydrogen (secondary N) is 1. The molecule has 2 aromatic carbocycles. The Labute approximate surface area is 162 Å². The molecule has 0 aliphatic carbocycles. The molecule has 140 valence electrons. The largest absolute Gasteiger partial charge is 0.333 e. The van der Waals surface area contributed by atoms with Crippen LogP contribution in [-0.2, 0) is 9.59 Å². The van der Waals surface area contributed by atoms with Gasteiger partial charge in [0.05, 0.1) is 12.1 Å². The molecule has 1 aliphatic heterocycles. The van der Waals surface area contributed by atoms with E-state index in [1.54, 1.807) is 17.0 Å². The zero-order valence-electron chi connectivity index (χ0n) is 15.1. The molecule has 1 aliphatic rings. The molecule has 7 heteroatoms. The van der Waals surface area contributed by atoms with Gasteiger partial charge in [0.15, 0.2) is 5.11 Å². The number of amides is 2. The monoisotopic (exact) mass is 385 g/mol. The highest BCUT2D eigenvalue weighted by Crippen LogP contribution is 2.29. The number of rotatable bonds is 5. The summed E-state index contributed by atoms with van der Waals surface area (Å²) in [6.45, 7) is 3.83. The zero-order chi connectivity index (χ0) is 19.6. The third-order valence-corrected chi connectivity index (χ3v) is 4.72. The van der Waals surface area contributed by atoms with Crippen LogP contribution in [0.15, 0.2) is 54.6 Å². The lowest BCUT2D eigenvalue weighted by molar-refractivity contribution is -0.124. The molecule has 1 fully saturated rings. The second kappa shape index (κ2) is 7.84. The van der Waals surface area contributed by atoms with Crippen LogP contribution in [0.2, 0.25) is 0 Å². The lowest BCUT2D eigenvalue weighted by atomic mass is 10.1. The average Bonchev–Trinajstić information content (AvgIpc) is 2.87. The van der Waals surface area contributed by atoms with Gasteiger partial charge in [-0.05, 0) is 62.5 Å². The molecule has 0 spiro atoms. The summed E-state index contributed by atoms with van der Waals surface area (Å²) >= 11 is 5.50. The second-order valence-corrected chi connectivity index (χ2v) is 6.93. The number of halogens is 1. The molecule has 0 aromatic heterocycles. The fourth-order valence-corrected chi connectivity index (χ4v) is 3.65. The molecule has 27 heavy (non-hydrogen) atoms. The van der Waals surface area contributed by atoms with Crippen LogP contribution >= 0.6 is 12.2 Å². The summed E-state index contributed by atoms with van der Waals surface area (Å²) in [7, 11) is 0. The third-order valence-electron chi connectivity index (χ3n) is 4.33. The first kappa shape index (κ1) is 19.0. The third kappa shape index (κ3) is 3.98. The predicted octanol–water partition coefficient (Wildman–Crippen LogP) is 3.57. The van der Waals surface area contributed by atoms with E-state index in [0.29, 0.717) is 16.5 Å². The Balaban J connectivity index is 1.82. The Morgan fingerprint density at radius 2 is 1.78 bits per heavy atom. The molecule has 5 nitrogen and oxygen atoms in total. The normalized spacial score (nSPS) is 17.0. The molecule has 1 N–H and O–H groups in total. The van der Waals surface area contributed by atoms with E-state index in [-0.39, 0.29) is 24.3 Å². The van der Waals surface area contributed by atoms with Gasteiger partial charge in [0, 0.05) is 11.7 Å². The lowest BCUT2D eigenvalue weighted by Crippen LogP contribution is -2.42. The van der Waals surface area contributed by atoms with Crippen LogP contribution in [0.25, 0.3) is 0 Å². The van der Waals surface area contributed by atoms with Crippen LogP contribution in [0.3, 0.4) is 0 Å². The van der Waals surface area contributed by atoms with Crippen molar-refractivity contribution in [2.24, 2.45) is 0 Å². The molecule has 1 saturated heterocycles. The van der Waals surface area contributed by atoms with Crippen LogP contribution in [0.5, 0.6) is 0 Å². The standard InChI is InChI=1S/C20H20FN3O2S/c1-13(2)23-17(12-18(25)22-15-6-4-3-5-7-15)19(26)24(20(23)27)16-10-8-14(21)9-11-16/h3-11,13,17H,12H2,1-2H3,(H,22,25)/t17-/m0/s1. The van der Waals surface area contributed by atoms with E-state index in [2.05, 4.69) is 5.32 Å². The number of para-hydroxylation sites is 1. The Morgan fingerprint density at radius 1 is 1.15 bits per heavy atom. The number of thiocarbonyl (C=S) groups is 1. The van der Waals surface area contributed by atoms with E-state index in [1.165, 1.54) is 29.2 Å². The molecule has 2 aromatic rings. The maximum atomic E-state index is 13.2. The number of hydrogen-bond donors (Lipinski definition) is 1. The van der Waals surface area contributed by atoms with Crippen LogP contribution in [0, 0.1) is 5.82 Å². The van der Waals surface area contributed by atoms with Crippen molar-refractivity contribution in [1.82, 2.24) is 4.90 Å². The van der Waals surface area contributed by atoms with Gasteiger partial charge in [-0.1, -0.05) is 18.2 Å². The van der Waals surface area contributed by atoms with E-state index >= 15 is 0 Å². The first-order valence-electron chi connectivity index (χ1n) is 8.65. The van der Waals surface area contributed by atoms with Crippen molar-refractivity contribution < 1.29 is 14.0 Å². The fraction of sp³-hybridized carbons (Fsp3) is 0.250. The van der Waals surface area contributed by atoms with Crippen molar-refractivity contribution in [3.63, 3.8) is 0 Å². The quantitative estimate of drug-likeness (QED) is 0.800. The molecule has 2 amide bonds. The molecule has 1 heterocycles. The van der Waals surface area contributed by atoms with Gasteiger partial charge >= 0.3 is 0 Å². The van der Waals surface area contributed by atoms with E-state index in [0.717, 1.165) is 0 Å². The maximum Gasteiger partial charge on any atom is 0.256 e.